The van der Waals surface area contributed by atoms with E-state index in [4.69, 9.17) is 0 Å². The van der Waals surface area contributed by atoms with E-state index in [1.54, 1.807) is 11.1 Å². The summed E-state index contributed by atoms with van der Waals surface area (Å²) in [5.74, 6) is 1.05. The molecule has 4 aliphatic rings. The van der Waals surface area contributed by atoms with Crippen molar-refractivity contribution in [1.29, 1.82) is 0 Å². The normalized spacial score (nSPS) is 19.6. The Labute approximate surface area is 379 Å². The van der Waals surface area contributed by atoms with Gasteiger partial charge in [0.25, 0.3) is 0 Å². The molecule has 0 amide bonds. The van der Waals surface area contributed by atoms with E-state index in [1.165, 1.54) is 97.0 Å². The second-order valence-corrected chi connectivity index (χ2v) is 20.5. The van der Waals surface area contributed by atoms with E-state index in [0.29, 0.717) is 11.8 Å². The molecule has 2 heteroatoms. The lowest BCUT2D eigenvalue weighted by molar-refractivity contribution is 0.350. The molecule has 8 aromatic carbocycles. The smallest absolute Gasteiger partial charge is 0.0505 e. The van der Waals surface area contributed by atoms with Crippen LogP contribution in [0.1, 0.15) is 86.4 Å². The maximum atomic E-state index is 2.63. The van der Waals surface area contributed by atoms with Gasteiger partial charge in [-0.3, -0.25) is 0 Å². The highest BCUT2D eigenvalue weighted by atomic mass is 15.2. The fraction of sp³-hybridized carbons (Fsp3) is 0.226. The topological polar surface area (TPSA) is 6.48 Å². The third-order valence-electron chi connectivity index (χ3n) is 15.7. The zero-order valence-corrected chi connectivity index (χ0v) is 37.8. The summed E-state index contributed by atoms with van der Waals surface area (Å²) < 4.78 is 0. The highest BCUT2D eigenvalue weighted by molar-refractivity contribution is 5.89. The molecular weight excluding hydrogens is 773 g/mol. The van der Waals surface area contributed by atoms with Gasteiger partial charge in [0.2, 0.25) is 0 Å². The molecular formula is C62H56N2. The lowest BCUT2D eigenvalue weighted by atomic mass is 9.68. The van der Waals surface area contributed by atoms with E-state index in [9.17, 15) is 0 Å². The van der Waals surface area contributed by atoms with E-state index in [1.807, 2.05) is 0 Å². The van der Waals surface area contributed by atoms with E-state index in [0.717, 1.165) is 12.8 Å². The van der Waals surface area contributed by atoms with Crippen molar-refractivity contribution in [2.75, 3.05) is 9.80 Å². The summed E-state index contributed by atoms with van der Waals surface area (Å²) in [7, 11) is 0. The van der Waals surface area contributed by atoms with Crippen LogP contribution in [-0.4, -0.2) is 0 Å². The maximum Gasteiger partial charge on any atom is 0.0505 e. The van der Waals surface area contributed by atoms with Crippen LogP contribution in [-0.2, 0) is 29.1 Å². The van der Waals surface area contributed by atoms with Gasteiger partial charge in [-0.25, -0.2) is 0 Å². The highest BCUT2D eigenvalue weighted by Crippen LogP contribution is 2.69. The summed E-state index contributed by atoms with van der Waals surface area (Å²) in [4.78, 5) is 5.17. The van der Waals surface area contributed by atoms with Crippen molar-refractivity contribution in [1.82, 2.24) is 0 Å². The molecule has 0 heterocycles. The second kappa shape index (κ2) is 14.4. The lowest BCUT2D eigenvalue weighted by Crippen LogP contribution is -2.34. The van der Waals surface area contributed by atoms with Crippen LogP contribution in [0.25, 0.3) is 22.3 Å². The Morgan fingerprint density at radius 2 is 0.906 bits per heavy atom. The zero-order chi connectivity index (χ0) is 43.4. The molecule has 8 aromatic rings. The summed E-state index contributed by atoms with van der Waals surface area (Å²) in [5, 5.41) is 0. The number of benzene rings is 8. The molecule has 0 aromatic heterocycles. The first-order valence-corrected chi connectivity index (χ1v) is 23.5. The molecule has 1 saturated carbocycles. The second-order valence-electron chi connectivity index (χ2n) is 20.5. The number of rotatable bonds is 7. The Kier molecular flexibility index (Phi) is 8.80. The number of hydrogen-bond acceptors (Lipinski definition) is 2. The molecule has 0 N–H and O–H groups in total. The molecule has 314 valence electrons. The molecule has 0 bridgehead atoms. The van der Waals surface area contributed by atoms with Gasteiger partial charge in [0.1, 0.15) is 0 Å². The van der Waals surface area contributed by atoms with Crippen LogP contribution in [0.4, 0.5) is 34.1 Å². The van der Waals surface area contributed by atoms with Crippen LogP contribution in [0.3, 0.4) is 0 Å². The van der Waals surface area contributed by atoms with Crippen LogP contribution in [0.5, 0.6) is 0 Å². The SMILES string of the molecule is CC(C)(C)c1ccc(-c2ccc(N(c3ccc4c(c3)C(C)(C)c3ccccc3-4)c3cccc4c3C35c6c(cccc6N(c6ccccc6)c6ccccc6)CC3CCC5C4)cc2)cc1. The minimum atomic E-state index is -0.126. The van der Waals surface area contributed by atoms with E-state index in [-0.39, 0.29) is 16.2 Å². The average molecular weight is 829 g/mol. The Bertz CT molecular complexity index is 3020. The van der Waals surface area contributed by atoms with E-state index < -0.39 is 0 Å². The predicted molar refractivity (Wildman–Crippen MR) is 268 cm³/mol. The molecule has 64 heavy (non-hydrogen) atoms. The van der Waals surface area contributed by atoms with Crippen LogP contribution in [0, 0.1) is 11.8 Å². The molecule has 12 rings (SSSR count). The van der Waals surface area contributed by atoms with Gasteiger partial charge in [0.15, 0.2) is 0 Å². The van der Waals surface area contributed by atoms with Crippen molar-refractivity contribution in [2.24, 2.45) is 11.8 Å². The zero-order valence-electron chi connectivity index (χ0n) is 37.8. The maximum absolute atomic E-state index is 2.63. The fourth-order valence-electron chi connectivity index (χ4n) is 12.8. The molecule has 4 aliphatic carbocycles. The van der Waals surface area contributed by atoms with Crippen LogP contribution in [0.2, 0.25) is 0 Å². The molecule has 3 atom stereocenters. The minimum absolute atomic E-state index is 0.115. The van der Waals surface area contributed by atoms with Gasteiger partial charge in [-0.2, -0.15) is 0 Å². The van der Waals surface area contributed by atoms with Crippen molar-refractivity contribution in [2.45, 2.75) is 76.5 Å². The summed E-state index contributed by atoms with van der Waals surface area (Å²) in [6.45, 7) is 11.7. The molecule has 2 nitrogen and oxygen atoms in total. The quantitative estimate of drug-likeness (QED) is 0.158. The first kappa shape index (κ1) is 39.0. The molecule has 0 aliphatic heterocycles. The van der Waals surface area contributed by atoms with Crippen molar-refractivity contribution in [3.8, 4) is 22.3 Å². The Morgan fingerprint density at radius 1 is 0.438 bits per heavy atom. The summed E-state index contributed by atoms with van der Waals surface area (Å²) in [5.41, 5.74) is 22.7. The molecule has 1 fully saturated rings. The number of hydrogen-bond donors (Lipinski definition) is 0. The third-order valence-corrected chi connectivity index (χ3v) is 15.7. The van der Waals surface area contributed by atoms with E-state index in [2.05, 4.69) is 232 Å². The number of nitrogens with zero attached hydrogens (tertiary/aromatic N) is 2. The average Bonchev–Trinajstić information content (AvgIpc) is 4.01. The Morgan fingerprint density at radius 3 is 1.47 bits per heavy atom. The van der Waals surface area contributed by atoms with Crippen LogP contribution >= 0.6 is 0 Å². The van der Waals surface area contributed by atoms with Gasteiger partial charge in [-0.05, 0) is 165 Å². The van der Waals surface area contributed by atoms with Gasteiger partial charge in [0, 0.05) is 33.6 Å². The summed E-state index contributed by atoms with van der Waals surface area (Å²) >= 11 is 0. The number of fused-ring (bicyclic) bond motifs is 5. The van der Waals surface area contributed by atoms with Gasteiger partial charge in [-0.1, -0.05) is 162 Å². The number of para-hydroxylation sites is 2. The van der Waals surface area contributed by atoms with E-state index >= 15 is 0 Å². The molecule has 3 unspecified atom stereocenters. The number of anilines is 6. The molecule has 1 spiro atoms. The fourth-order valence-corrected chi connectivity index (χ4v) is 12.8. The van der Waals surface area contributed by atoms with Gasteiger partial charge in [-0.15, -0.1) is 0 Å². The Hall–Kier alpha value is -6.64. The monoisotopic (exact) mass is 828 g/mol. The standard InChI is InChI=1S/C62H56N2/c1-60(2,3)45-30-26-41(27-31-45)42-28-34-50(35-29-42)64(51-36-37-53-52-22-12-13-23-54(52)61(4,5)55(53)40-51)57-25-15-17-44-39-47-33-32-46-38-43-16-14-24-56(58(43)62(46,47)59(44)57)63(48-18-8-6-9-19-48)49-20-10-7-11-21-49/h6-31,34-37,40,46-47H,32-33,38-39H2,1-5H3. The van der Waals surface area contributed by atoms with Crippen molar-refractivity contribution in [3.05, 3.63) is 227 Å². The highest BCUT2D eigenvalue weighted by Gasteiger charge is 2.62. The van der Waals surface area contributed by atoms with Gasteiger partial charge in [0.05, 0.1) is 11.4 Å². The molecule has 0 saturated heterocycles. The van der Waals surface area contributed by atoms with Gasteiger partial charge < -0.3 is 9.80 Å². The summed E-state index contributed by atoms with van der Waals surface area (Å²) in [6.07, 6.45) is 4.71. The van der Waals surface area contributed by atoms with Crippen LogP contribution < -0.4 is 9.80 Å². The molecule has 0 radical (unpaired) electrons. The van der Waals surface area contributed by atoms with Gasteiger partial charge >= 0.3 is 0 Å². The van der Waals surface area contributed by atoms with Crippen molar-refractivity contribution < 1.29 is 0 Å². The summed E-state index contributed by atoms with van der Waals surface area (Å²) in [6, 6.07) is 71.4. The van der Waals surface area contributed by atoms with Crippen LogP contribution in [0.15, 0.2) is 188 Å². The first-order valence-electron chi connectivity index (χ1n) is 23.5. The largest absolute Gasteiger partial charge is 0.310 e. The van der Waals surface area contributed by atoms with Crippen molar-refractivity contribution in [3.63, 3.8) is 0 Å². The first-order chi connectivity index (χ1) is 31.1. The lowest BCUT2D eigenvalue weighted by Gasteiger charge is -2.40. The van der Waals surface area contributed by atoms with Crippen molar-refractivity contribution >= 4 is 34.1 Å². The predicted octanol–water partition coefficient (Wildman–Crippen LogP) is 16.3. The Balaban J connectivity index is 1.07. The minimum Gasteiger partial charge on any atom is -0.310 e. The third kappa shape index (κ3) is 5.77.